The number of carbonyl (C=O) groups excluding carboxylic acids is 1. The first-order valence-corrected chi connectivity index (χ1v) is 17.9. The van der Waals surface area contributed by atoms with E-state index >= 15 is 0 Å². The van der Waals surface area contributed by atoms with Crippen LogP contribution in [0.3, 0.4) is 0 Å². The van der Waals surface area contributed by atoms with Gasteiger partial charge in [-0.05, 0) is 101 Å². The van der Waals surface area contributed by atoms with E-state index in [4.69, 9.17) is 0 Å². The fourth-order valence-electron chi connectivity index (χ4n) is 8.01. The van der Waals surface area contributed by atoms with Gasteiger partial charge in [-0.3, -0.25) is 19.6 Å². The number of aryl methyl sites for hydroxylation is 2. The van der Waals surface area contributed by atoms with Gasteiger partial charge in [0.05, 0.1) is 16.5 Å². The Labute approximate surface area is 262 Å². The van der Waals surface area contributed by atoms with E-state index in [0.717, 1.165) is 93.6 Å². The Morgan fingerprint density at radius 1 is 1.00 bits per heavy atom. The molecule has 1 aromatic heterocycles. The number of amides is 1. The third-order valence-electron chi connectivity index (χ3n) is 10.9. The molecule has 0 spiro atoms. The van der Waals surface area contributed by atoms with Gasteiger partial charge in [0.1, 0.15) is 5.82 Å². The Balaban J connectivity index is 1.12. The van der Waals surface area contributed by atoms with E-state index in [0.29, 0.717) is 13.1 Å². The SMILES string of the molecule is Cc1ccnc(C)c1C(=O)N1CCC(C)(N2CCN(C(c3cccc(F)c3)C3CCN(S(=O)(=O)C4CC4)CC3)C(C)C2)CC1. The summed E-state index contributed by atoms with van der Waals surface area (Å²) in [4.78, 5) is 24.9. The molecule has 1 aromatic carbocycles. The lowest BCUT2D eigenvalue weighted by atomic mass is 9.82. The number of aromatic nitrogens is 1. The molecule has 240 valence electrons. The fourth-order valence-corrected chi connectivity index (χ4v) is 9.88. The average Bonchev–Trinajstić information content (AvgIpc) is 3.85. The first-order chi connectivity index (χ1) is 21.0. The molecule has 8 nitrogen and oxygen atoms in total. The number of piperidine rings is 2. The quantitative estimate of drug-likeness (QED) is 0.441. The third kappa shape index (κ3) is 6.19. The van der Waals surface area contributed by atoms with Crippen LogP contribution in [0.1, 0.15) is 85.6 Å². The second-order valence-corrected chi connectivity index (χ2v) is 16.1. The van der Waals surface area contributed by atoms with Crippen molar-refractivity contribution in [1.29, 1.82) is 0 Å². The summed E-state index contributed by atoms with van der Waals surface area (Å²) < 4.78 is 42.0. The number of halogens is 1. The zero-order valence-corrected chi connectivity index (χ0v) is 27.5. The predicted octanol–water partition coefficient (Wildman–Crippen LogP) is 4.78. The number of piperazine rings is 1. The van der Waals surface area contributed by atoms with Gasteiger partial charge in [0, 0.05) is 69.6 Å². The second kappa shape index (κ2) is 12.4. The number of carbonyl (C=O) groups is 1. The highest BCUT2D eigenvalue weighted by atomic mass is 32.2. The van der Waals surface area contributed by atoms with E-state index < -0.39 is 10.0 Å². The van der Waals surface area contributed by atoms with Crippen LogP contribution in [0, 0.1) is 25.6 Å². The van der Waals surface area contributed by atoms with Crippen molar-refractivity contribution in [1.82, 2.24) is 24.0 Å². The number of sulfonamides is 1. The molecule has 10 heteroatoms. The van der Waals surface area contributed by atoms with Gasteiger partial charge in [-0.15, -0.1) is 0 Å². The van der Waals surface area contributed by atoms with Crippen molar-refractivity contribution in [2.45, 2.75) is 89.1 Å². The van der Waals surface area contributed by atoms with Crippen molar-refractivity contribution in [2.24, 2.45) is 5.92 Å². The largest absolute Gasteiger partial charge is 0.338 e. The molecule has 0 bridgehead atoms. The number of hydrogen-bond donors (Lipinski definition) is 0. The molecule has 44 heavy (non-hydrogen) atoms. The summed E-state index contributed by atoms with van der Waals surface area (Å²) >= 11 is 0. The van der Waals surface area contributed by atoms with Crippen LogP contribution >= 0.6 is 0 Å². The molecule has 3 saturated heterocycles. The molecule has 2 unspecified atom stereocenters. The van der Waals surface area contributed by atoms with Crippen molar-refractivity contribution in [3.05, 3.63) is 64.7 Å². The Bertz CT molecular complexity index is 1440. The van der Waals surface area contributed by atoms with Crippen LogP contribution in [0.5, 0.6) is 0 Å². The summed E-state index contributed by atoms with van der Waals surface area (Å²) in [5.41, 5.74) is 3.50. The topological polar surface area (TPSA) is 77.1 Å². The molecule has 3 aliphatic heterocycles. The van der Waals surface area contributed by atoms with Crippen LogP contribution in [0.2, 0.25) is 0 Å². The molecule has 0 radical (unpaired) electrons. The van der Waals surface area contributed by atoms with E-state index in [2.05, 4.69) is 28.6 Å². The third-order valence-corrected chi connectivity index (χ3v) is 13.3. The summed E-state index contributed by atoms with van der Waals surface area (Å²) in [6, 6.07) is 9.23. The average molecular weight is 626 g/mol. The summed E-state index contributed by atoms with van der Waals surface area (Å²) in [5.74, 6) is 0.126. The highest BCUT2D eigenvalue weighted by molar-refractivity contribution is 7.90. The molecule has 1 saturated carbocycles. The van der Waals surface area contributed by atoms with E-state index in [9.17, 15) is 17.6 Å². The summed E-state index contributed by atoms with van der Waals surface area (Å²) in [5, 5.41) is -0.180. The Hall–Kier alpha value is -2.40. The first kappa shape index (κ1) is 31.6. The van der Waals surface area contributed by atoms with Gasteiger partial charge in [-0.25, -0.2) is 17.1 Å². The minimum absolute atomic E-state index is 0.00696. The molecule has 6 rings (SSSR count). The van der Waals surface area contributed by atoms with Gasteiger partial charge in [0.2, 0.25) is 10.0 Å². The van der Waals surface area contributed by atoms with Crippen molar-refractivity contribution >= 4 is 15.9 Å². The predicted molar refractivity (Wildman–Crippen MR) is 170 cm³/mol. The number of nitrogens with zero attached hydrogens (tertiary/aromatic N) is 5. The van der Waals surface area contributed by atoms with Gasteiger partial charge in [0.25, 0.3) is 5.91 Å². The van der Waals surface area contributed by atoms with Crippen molar-refractivity contribution in [3.63, 3.8) is 0 Å². The molecular weight excluding hydrogens is 577 g/mol. The summed E-state index contributed by atoms with van der Waals surface area (Å²) in [6.45, 7) is 13.8. The molecule has 4 heterocycles. The van der Waals surface area contributed by atoms with E-state index in [1.54, 1.807) is 22.6 Å². The van der Waals surface area contributed by atoms with E-state index in [-0.39, 0.29) is 40.5 Å². The molecule has 2 aromatic rings. The van der Waals surface area contributed by atoms with Gasteiger partial charge in [-0.2, -0.15) is 0 Å². The van der Waals surface area contributed by atoms with Crippen LogP contribution < -0.4 is 0 Å². The fraction of sp³-hybridized carbons (Fsp3) is 0.647. The van der Waals surface area contributed by atoms with Crippen molar-refractivity contribution < 1.29 is 17.6 Å². The molecular formula is C34H48FN5O3S. The zero-order valence-electron chi connectivity index (χ0n) is 26.7. The number of likely N-dealkylation sites (tertiary alicyclic amines) is 1. The van der Waals surface area contributed by atoms with E-state index in [1.165, 1.54) is 6.07 Å². The first-order valence-electron chi connectivity index (χ1n) is 16.4. The molecule has 4 fully saturated rings. The van der Waals surface area contributed by atoms with Crippen molar-refractivity contribution in [2.75, 3.05) is 45.8 Å². The summed E-state index contributed by atoms with van der Waals surface area (Å²) in [6.07, 6.45) is 6.75. The highest BCUT2D eigenvalue weighted by Gasteiger charge is 2.45. The summed E-state index contributed by atoms with van der Waals surface area (Å²) in [7, 11) is -3.18. The maximum Gasteiger partial charge on any atom is 0.255 e. The Kier molecular flexibility index (Phi) is 8.91. The minimum atomic E-state index is -3.18. The standard InChI is InChI=1S/C34H48FN5O3S/c1-24-10-15-36-26(3)31(24)33(41)37-18-13-34(4,14-19-37)38-20-21-40(25(2)23-38)32(28-6-5-7-29(35)22-28)27-11-16-39(17-12-27)44(42,43)30-8-9-30/h5-7,10,15,22,25,27,30,32H,8-9,11-14,16-21,23H2,1-4H3. The second-order valence-electron chi connectivity index (χ2n) is 13.9. The van der Waals surface area contributed by atoms with Crippen LogP contribution in [0.15, 0.2) is 36.5 Å². The van der Waals surface area contributed by atoms with Crippen LogP contribution in [0.4, 0.5) is 4.39 Å². The van der Waals surface area contributed by atoms with E-state index in [1.807, 2.05) is 30.9 Å². The lowest BCUT2D eigenvalue weighted by molar-refractivity contribution is -0.0422. The number of benzene rings is 1. The Morgan fingerprint density at radius 2 is 1.70 bits per heavy atom. The highest BCUT2D eigenvalue weighted by Crippen LogP contribution is 2.41. The smallest absolute Gasteiger partial charge is 0.255 e. The van der Waals surface area contributed by atoms with Gasteiger partial charge >= 0.3 is 0 Å². The molecule has 1 amide bonds. The molecule has 0 N–H and O–H groups in total. The number of hydrogen-bond acceptors (Lipinski definition) is 6. The maximum atomic E-state index is 14.5. The molecule has 4 aliphatic rings. The lowest BCUT2D eigenvalue weighted by Gasteiger charge is -2.54. The van der Waals surface area contributed by atoms with Gasteiger partial charge in [0.15, 0.2) is 0 Å². The lowest BCUT2D eigenvalue weighted by Crippen LogP contribution is -2.63. The zero-order chi connectivity index (χ0) is 31.2. The molecule has 2 atom stereocenters. The Morgan fingerprint density at radius 3 is 2.32 bits per heavy atom. The number of pyridine rings is 1. The normalized spacial score (nSPS) is 25.2. The minimum Gasteiger partial charge on any atom is -0.338 e. The van der Waals surface area contributed by atoms with Crippen molar-refractivity contribution in [3.8, 4) is 0 Å². The van der Waals surface area contributed by atoms with Gasteiger partial charge < -0.3 is 4.90 Å². The monoisotopic (exact) mass is 625 g/mol. The van der Waals surface area contributed by atoms with Crippen LogP contribution in [-0.4, -0.2) is 101 Å². The van der Waals surface area contributed by atoms with Gasteiger partial charge in [-0.1, -0.05) is 12.1 Å². The molecule has 1 aliphatic carbocycles. The van der Waals surface area contributed by atoms with Crippen LogP contribution in [-0.2, 0) is 10.0 Å². The van der Waals surface area contributed by atoms with Crippen LogP contribution in [0.25, 0.3) is 0 Å². The number of rotatable bonds is 7. The maximum absolute atomic E-state index is 14.5.